The fraction of sp³-hybridized carbons (Fsp3) is 0.435. The van der Waals surface area contributed by atoms with Crippen LogP contribution in [0.3, 0.4) is 0 Å². The Labute approximate surface area is 170 Å². The molecule has 0 amide bonds. The Hall–Kier alpha value is -2.73. The first kappa shape index (κ1) is 18.3. The molecule has 6 heteroatoms. The van der Waals surface area contributed by atoms with Gasteiger partial charge in [0.1, 0.15) is 0 Å². The highest BCUT2D eigenvalue weighted by Crippen LogP contribution is 2.37. The van der Waals surface area contributed by atoms with Gasteiger partial charge in [0, 0.05) is 55.1 Å². The Morgan fingerprint density at radius 1 is 1.17 bits per heavy atom. The van der Waals surface area contributed by atoms with Gasteiger partial charge in [0.2, 0.25) is 0 Å². The van der Waals surface area contributed by atoms with Gasteiger partial charge in [0.15, 0.2) is 5.76 Å². The number of pyridine rings is 2. The molecule has 0 unspecified atom stereocenters. The number of hydrogen-bond donors (Lipinski definition) is 0. The van der Waals surface area contributed by atoms with E-state index in [9.17, 15) is 4.79 Å². The van der Waals surface area contributed by atoms with Crippen LogP contribution in [0.4, 0.5) is 0 Å². The maximum atomic E-state index is 12.8. The van der Waals surface area contributed by atoms with E-state index in [0.717, 1.165) is 61.0 Å². The van der Waals surface area contributed by atoms with E-state index in [0.29, 0.717) is 17.8 Å². The van der Waals surface area contributed by atoms with Crippen LogP contribution in [0, 0.1) is 5.92 Å². The molecule has 5 rings (SSSR count). The molecule has 150 valence electrons. The van der Waals surface area contributed by atoms with Crippen LogP contribution in [0.1, 0.15) is 49.3 Å². The minimum absolute atomic E-state index is 0.0862. The second-order valence-electron chi connectivity index (χ2n) is 8.70. The first-order valence-corrected chi connectivity index (χ1v) is 10.4. The van der Waals surface area contributed by atoms with Gasteiger partial charge in [-0.1, -0.05) is 25.1 Å². The minimum atomic E-state index is 0.0862. The molecule has 0 N–H and O–H groups in total. The van der Waals surface area contributed by atoms with Gasteiger partial charge in [-0.3, -0.25) is 14.7 Å². The Morgan fingerprint density at radius 3 is 2.83 bits per heavy atom. The Bertz CT molecular complexity index is 1070. The molecule has 2 aliphatic rings. The third kappa shape index (κ3) is 3.53. The summed E-state index contributed by atoms with van der Waals surface area (Å²) in [5, 5.41) is 4.19. The third-order valence-corrected chi connectivity index (χ3v) is 6.14. The number of rotatable bonds is 4. The zero-order chi connectivity index (χ0) is 20.0. The largest absolute Gasteiger partial charge is 0.360 e. The van der Waals surface area contributed by atoms with E-state index < -0.39 is 0 Å². The van der Waals surface area contributed by atoms with Crippen LogP contribution in [0.2, 0.25) is 0 Å². The maximum absolute atomic E-state index is 12.8. The van der Waals surface area contributed by atoms with Gasteiger partial charge in [-0.25, -0.2) is 0 Å². The highest BCUT2D eigenvalue weighted by Gasteiger charge is 2.35. The standard InChI is InChI=1S/C23H26N4O2/c1-15(2)21-10-19(29-25-21)14-26-11-16-7-18(13-26)22-8-17(9-23(28)27(22)12-16)20-5-3-4-6-24-20/h3-6,8-10,15-16,18H,7,11-14H2,1-2H3/t16-,18+/m0/s1. The summed E-state index contributed by atoms with van der Waals surface area (Å²) >= 11 is 0. The lowest BCUT2D eigenvalue weighted by molar-refractivity contribution is 0.105. The van der Waals surface area contributed by atoms with Crippen molar-refractivity contribution >= 4 is 0 Å². The van der Waals surface area contributed by atoms with E-state index in [1.807, 2.05) is 22.8 Å². The number of likely N-dealkylation sites (tertiary alicyclic amines) is 1. The van der Waals surface area contributed by atoms with E-state index >= 15 is 0 Å². The highest BCUT2D eigenvalue weighted by atomic mass is 16.5. The van der Waals surface area contributed by atoms with E-state index in [1.54, 1.807) is 12.3 Å². The summed E-state index contributed by atoms with van der Waals surface area (Å²) < 4.78 is 7.54. The molecule has 0 aliphatic carbocycles. The second kappa shape index (κ2) is 7.26. The van der Waals surface area contributed by atoms with E-state index in [2.05, 4.69) is 41.0 Å². The normalized spacial score (nSPS) is 21.3. The van der Waals surface area contributed by atoms with Crippen molar-refractivity contribution in [1.29, 1.82) is 0 Å². The molecular weight excluding hydrogens is 364 g/mol. The van der Waals surface area contributed by atoms with Gasteiger partial charge in [-0.2, -0.15) is 0 Å². The lowest BCUT2D eigenvalue weighted by Crippen LogP contribution is -2.46. The molecule has 1 fully saturated rings. The van der Waals surface area contributed by atoms with Gasteiger partial charge in [0.05, 0.1) is 17.9 Å². The zero-order valence-corrected chi connectivity index (χ0v) is 16.9. The molecule has 6 nitrogen and oxygen atoms in total. The fourth-order valence-corrected chi connectivity index (χ4v) is 4.76. The Morgan fingerprint density at radius 2 is 2.07 bits per heavy atom. The average molecular weight is 390 g/mol. The van der Waals surface area contributed by atoms with Crippen molar-refractivity contribution in [3.05, 3.63) is 70.1 Å². The summed E-state index contributed by atoms with van der Waals surface area (Å²) in [6, 6.07) is 11.8. The number of piperidine rings is 1. The molecule has 3 aromatic rings. The quantitative estimate of drug-likeness (QED) is 0.681. The number of fused-ring (bicyclic) bond motifs is 4. The summed E-state index contributed by atoms with van der Waals surface area (Å²) in [6.07, 6.45) is 2.91. The molecule has 0 radical (unpaired) electrons. The van der Waals surface area contributed by atoms with Crippen molar-refractivity contribution in [3.8, 4) is 11.3 Å². The van der Waals surface area contributed by atoms with Crippen molar-refractivity contribution in [3.63, 3.8) is 0 Å². The first-order valence-electron chi connectivity index (χ1n) is 10.4. The van der Waals surface area contributed by atoms with Crippen molar-refractivity contribution in [2.75, 3.05) is 13.1 Å². The van der Waals surface area contributed by atoms with E-state index in [4.69, 9.17) is 4.52 Å². The topological polar surface area (TPSA) is 64.2 Å². The Kier molecular flexibility index (Phi) is 4.59. The molecule has 0 aromatic carbocycles. The predicted octanol–water partition coefficient (Wildman–Crippen LogP) is 3.64. The Balaban J connectivity index is 1.41. The summed E-state index contributed by atoms with van der Waals surface area (Å²) in [5.74, 6) is 2.14. The first-order chi connectivity index (χ1) is 14.1. The molecule has 2 aliphatic heterocycles. The average Bonchev–Trinajstić information content (AvgIpc) is 3.18. The number of nitrogens with zero attached hydrogens (tertiary/aromatic N) is 4. The number of hydrogen-bond acceptors (Lipinski definition) is 5. The molecule has 1 saturated heterocycles. The van der Waals surface area contributed by atoms with Crippen LogP contribution in [0.5, 0.6) is 0 Å². The van der Waals surface area contributed by atoms with E-state index in [1.165, 1.54) is 0 Å². The molecule has 3 aromatic heterocycles. The van der Waals surface area contributed by atoms with Crippen molar-refractivity contribution in [2.24, 2.45) is 5.92 Å². The molecule has 0 saturated carbocycles. The predicted molar refractivity (Wildman–Crippen MR) is 111 cm³/mol. The summed E-state index contributed by atoms with van der Waals surface area (Å²) in [7, 11) is 0. The second-order valence-corrected chi connectivity index (χ2v) is 8.70. The third-order valence-electron chi connectivity index (χ3n) is 6.14. The summed E-state index contributed by atoms with van der Waals surface area (Å²) in [5.41, 5.74) is 4.00. The summed E-state index contributed by atoms with van der Waals surface area (Å²) in [4.78, 5) is 19.7. The van der Waals surface area contributed by atoms with Gasteiger partial charge in [-0.05, 0) is 36.5 Å². The van der Waals surface area contributed by atoms with Crippen LogP contribution >= 0.6 is 0 Å². The fourth-order valence-electron chi connectivity index (χ4n) is 4.76. The van der Waals surface area contributed by atoms with Crippen LogP contribution in [0.15, 0.2) is 51.9 Å². The van der Waals surface area contributed by atoms with Crippen molar-refractivity contribution in [2.45, 2.75) is 45.2 Å². The lowest BCUT2D eigenvalue weighted by Gasteiger charge is -2.42. The van der Waals surface area contributed by atoms with Gasteiger partial charge < -0.3 is 9.09 Å². The van der Waals surface area contributed by atoms with Crippen molar-refractivity contribution in [1.82, 2.24) is 19.6 Å². The SMILES string of the molecule is CC(C)c1cc(CN2C[C@@H]3C[C@H](C2)c2cc(-c4ccccn4)cc(=O)n2C3)on1. The molecule has 2 bridgehead atoms. The van der Waals surface area contributed by atoms with Crippen LogP contribution in [-0.4, -0.2) is 32.7 Å². The maximum Gasteiger partial charge on any atom is 0.251 e. The van der Waals surface area contributed by atoms with Crippen LogP contribution < -0.4 is 5.56 Å². The van der Waals surface area contributed by atoms with E-state index in [-0.39, 0.29) is 5.56 Å². The van der Waals surface area contributed by atoms with Crippen LogP contribution in [-0.2, 0) is 13.1 Å². The van der Waals surface area contributed by atoms with Gasteiger partial charge in [0.25, 0.3) is 5.56 Å². The van der Waals surface area contributed by atoms with Crippen molar-refractivity contribution < 1.29 is 4.52 Å². The monoisotopic (exact) mass is 390 g/mol. The van der Waals surface area contributed by atoms with Gasteiger partial charge >= 0.3 is 0 Å². The number of aromatic nitrogens is 3. The zero-order valence-electron chi connectivity index (χ0n) is 16.9. The molecule has 2 atom stereocenters. The molecule has 0 spiro atoms. The minimum Gasteiger partial charge on any atom is -0.360 e. The van der Waals surface area contributed by atoms with Gasteiger partial charge in [-0.15, -0.1) is 0 Å². The molecule has 29 heavy (non-hydrogen) atoms. The summed E-state index contributed by atoms with van der Waals surface area (Å²) in [6.45, 7) is 7.73. The van der Waals surface area contributed by atoms with Crippen LogP contribution in [0.25, 0.3) is 11.3 Å². The molecular formula is C23H26N4O2. The lowest BCUT2D eigenvalue weighted by atomic mass is 9.82. The highest BCUT2D eigenvalue weighted by molar-refractivity contribution is 5.59. The smallest absolute Gasteiger partial charge is 0.251 e. The molecule has 5 heterocycles.